The van der Waals surface area contributed by atoms with Gasteiger partial charge in [-0.25, -0.2) is 4.98 Å². The SMILES string of the molecule is Cc1cncc(Oc2cccc(CN)c2)n1. The summed E-state index contributed by atoms with van der Waals surface area (Å²) in [6, 6.07) is 7.61. The van der Waals surface area contributed by atoms with E-state index in [-0.39, 0.29) is 0 Å². The van der Waals surface area contributed by atoms with Gasteiger partial charge >= 0.3 is 0 Å². The molecule has 2 aromatic rings. The summed E-state index contributed by atoms with van der Waals surface area (Å²) in [5, 5.41) is 0. The van der Waals surface area contributed by atoms with Crippen LogP contribution in [0.1, 0.15) is 11.3 Å². The van der Waals surface area contributed by atoms with Gasteiger partial charge in [0.25, 0.3) is 0 Å². The molecule has 0 spiro atoms. The molecule has 16 heavy (non-hydrogen) atoms. The van der Waals surface area contributed by atoms with Crippen molar-refractivity contribution in [3.05, 3.63) is 47.9 Å². The second-order valence-corrected chi connectivity index (χ2v) is 3.45. The molecule has 0 amide bonds. The number of ether oxygens (including phenoxy) is 1. The second kappa shape index (κ2) is 4.72. The Bertz CT molecular complexity index is 485. The smallest absolute Gasteiger partial charge is 0.238 e. The van der Waals surface area contributed by atoms with E-state index < -0.39 is 0 Å². The molecule has 2 N–H and O–H groups in total. The number of benzene rings is 1. The van der Waals surface area contributed by atoms with Crippen molar-refractivity contribution in [2.75, 3.05) is 0 Å². The first-order chi connectivity index (χ1) is 7.78. The number of aromatic nitrogens is 2. The number of aryl methyl sites for hydroxylation is 1. The van der Waals surface area contributed by atoms with Crippen LogP contribution in [0.15, 0.2) is 36.7 Å². The molecule has 4 nitrogen and oxygen atoms in total. The summed E-state index contributed by atoms with van der Waals surface area (Å²) in [6.45, 7) is 2.37. The predicted octanol–water partition coefficient (Wildman–Crippen LogP) is 2.04. The minimum absolute atomic E-state index is 0.495. The van der Waals surface area contributed by atoms with Crippen LogP contribution in [0.2, 0.25) is 0 Å². The minimum atomic E-state index is 0.495. The van der Waals surface area contributed by atoms with Gasteiger partial charge < -0.3 is 10.5 Å². The van der Waals surface area contributed by atoms with Crippen molar-refractivity contribution in [3.63, 3.8) is 0 Å². The molecule has 0 aliphatic rings. The molecule has 0 aliphatic carbocycles. The number of nitrogens with two attached hydrogens (primary N) is 1. The van der Waals surface area contributed by atoms with Crippen LogP contribution in [0.4, 0.5) is 0 Å². The normalized spacial score (nSPS) is 10.1. The highest BCUT2D eigenvalue weighted by molar-refractivity contribution is 5.31. The van der Waals surface area contributed by atoms with E-state index in [4.69, 9.17) is 10.5 Å². The van der Waals surface area contributed by atoms with Crippen molar-refractivity contribution < 1.29 is 4.74 Å². The van der Waals surface area contributed by atoms with Crippen LogP contribution >= 0.6 is 0 Å². The highest BCUT2D eigenvalue weighted by Crippen LogP contribution is 2.19. The lowest BCUT2D eigenvalue weighted by atomic mass is 10.2. The van der Waals surface area contributed by atoms with Crippen LogP contribution in [-0.4, -0.2) is 9.97 Å². The van der Waals surface area contributed by atoms with Gasteiger partial charge in [0.2, 0.25) is 5.88 Å². The van der Waals surface area contributed by atoms with Gasteiger partial charge in [-0.15, -0.1) is 0 Å². The van der Waals surface area contributed by atoms with Crippen LogP contribution in [-0.2, 0) is 6.54 Å². The molecular weight excluding hydrogens is 202 g/mol. The summed E-state index contributed by atoms with van der Waals surface area (Å²) in [6.07, 6.45) is 3.27. The average molecular weight is 215 g/mol. The molecule has 1 heterocycles. The Morgan fingerprint density at radius 3 is 2.94 bits per heavy atom. The van der Waals surface area contributed by atoms with Crippen LogP contribution in [0.3, 0.4) is 0 Å². The summed E-state index contributed by atoms with van der Waals surface area (Å²) >= 11 is 0. The van der Waals surface area contributed by atoms with Crippen molar-refractivity contribution in [2.24, 2.45) is 5.73 Å². The maximum atomic E-state index is 5.57. The monoisotopic (exact) mass is 215 g/mol. The lowest BCUT2D eigenvalue weighted by molar-refractivity contribution is 0.458. The fraction of sp³-hybridized carbons (Fsp3) is 0.167. The van der Waals surface area contributed by atoms with Gasteiger partial charge in [0.15, 0.2) is 0 Å². The van der Waals surface area contributed by atoms with E-state index in [0.29, 0.717) is 12.4 Å². The Kier molecular flexibility index (Phi) is 3.12. The second-order valence-electron chi connectivity index (χ2n) is 3.45. The van der Waals surface area contributed by atoms with Gasteiger partial charge in [-0.3, -0.25) is 4.98 Å². The molecule has 1 aromatic carbocycles. The van der Waals surface area contributed by atoms with Gasteiger partial charge in [0, 0.05) is 12.7 Å². The highest BCUT2D eigenvalue weighted by atomic mass is 16.5. The molecule has 0 aliphatic heterocycles. The molecule has 0 saturated heterocycles. The summed E-state index contributed by atoms with van der Waals surface area (Å²) in [4.78, 5) is 8.22. The standard InChI is InChI=1S/C12H13N3O/c1-9-7-14-8-12(15-9)16-11-4-2-3-10(5-11)6-13/h2-5,7-8H,6,13H2,1H3. The molecule has 82 valence electrons. The third-order valence-corrected chi connectivity index (χ3v) is 2.09. The molecule has 0 radical (unpaired) electrons. The fourth-order valence-corrected chi connectivity index (χ4v) is 1.35. The van der Waals surface area contributed by atoms with Crippen molar-refractivity contribution >= 4 is 0 Å². The third kappa shape index (κ3) is 2.55. The van der Waals surface area contributed by atoms with Crippen LogP contribution in [0.5, 0.6) is 11.6 Å². The Balaban J connectivity index is 2.20. The quantitative estimate of drug-likeness (QED) is 0.851. The van der Waals surface area contributed by atoms with Gasteiger partial charge in [0.1, 0.15) is 5.75 Å². The summed E-state index contributed by atoms with van der Waals surface area (Å²) in [5.74, 6) is 1.22. The van der Waals surface area contributed by atoms with E-state index in [1.54, 1.807) is 12.4 Å². The predicted molar refractivity (Wildman–Crippen MR) is 61.2 cm³/mol. The molecular formula is C12H13N3O. The maximum absolute atomic E-state index is 5.57. The first-order valence-corrected chi connectivity index (χ1v) is 5.03. The number of rotatable bonds is 3. The highest BCUT2D eigenvalue weighted by Gasteiger charge is 2.00. The van der Waals surface area contributed by atoms with Crippen molar-refractivity contribution in [3.8, 4) is 11.6 Å². The first kappa shape index (κ1) is 10.6. The zero-order valence-electron chi connectivity index (χ0n) is 9.05. The molecule has 0 unspecified atom stereocenters. The van der Waals surface area contributed by atoms with E-state index in [0.717, 1.165) is 17.0 Å². The van der Waals surface area contributed by atoms with Gasteiger partial charge in [-0.2, -0.15) is 0 Å². The van der Waals surface area contributed by atoms with E-state index in [1.165, 1.54) is 0 Å². The van der Waals surface area contributed by atoms with Crippen LogP contribution < -0.4 is 10.5 Å². The zero-order chi connectivity index (χ0) is 11.4. The molecule has 0 saturated carbocycles. The van der Waals surface area contributed by atoms with E-state index in [9.17, 15) is 0 Å². The molecule has 0 atom stereocenters. The molecule has 0 bridgehead atoms. The summed E-state index contributed by atoms with van der Waals surface area (Å²) in [7, 11) is 0. The maximum Gasteiger partial charge on any atom is 0.238 e. The summed E-state index contributed by atoms with van der Waals surface area (Å²) in [5.41, 5.74) is 7.41. The first-order valence-electron chi connectivity index (χ1n) is 5.03. The van der Waals surface area contributed by atoms with Gasteiger partial charge in [0.05, 0.1) is 11.9 Å². The van der Waals surface area contributed by atoms with E-state index in [1.807, 2.05) is 31.2 Å². The average Bonchev–Trinajstić information content (AvgIpc) is 2.29. The topological polar surface area (TPSA) is 61.0 Å². The lowest BCUT2D eigenvalue weighted by Crippen LogP contribution is -1.96. The summed E-state index contributed by atoms with van der Waals surface area (Å²) < 4.78 is 5.57. The molecule has 0 fully saturated rings. The van der Waals surface area contributed by atoms with Crippen LogP contribution in [0, 0.1) is 6.92 Å². The number of nitrogens with zero attached hydrogens (tertiary/aromatic N) is 2. The van der Waals surface area contributed by atoms with Gasteiger partial charge in [-0.1, -0.05) is 12.1 Å². The Hall–Kier alpha value is -1.94. The van der Waals surface area contributed by atoms with Crippen molar-refractivity contribution in [2.45, 2.75) is 13.5 Å². The van der Waals surface area contributed by atoms with E-state index in [2.05, 4.69) is 9.97 Å². The van der Waals surface area contributed by atoms with Crippen molar-refractivity contribution in [1.29, 1.82) is 0 Å². The van der Waals surface area contributed by atoms with E-state index >= 15 is 0 Å². The zero-order valence-corrected chi connectivity index (χ0v) is 9.05. The van der Waals surface area contributed by atoms with Gasteiger partial charge in [-0.05, 0) is 24.6 Å². The fourth-order valence-electron chi connectivity index (χ4n) is 1.35. The lowest BCUT2D eigenvalue weighted by Gasteiger charge is -2.05. The van der Waals surface area contributed by atoms with Crippen molar-refractivity contribution in [1.82, 2.24) is 9.97 Å². The Morgan fingerprint density at radius 2 is 2.19 bits per heavy atom. The molecule has 4 heteroatoms. The number of hydrogen-bond acceptors (Lipinski definition) is 4. The third-order valence-electron chi connectivity index (χ3n) is 2.09. The molecule has 1 aromatic heterocycles. The molecule has 2 rings (SSSR count). The Morgan fingerprint density at radius 1 is 1.31 bits per heavy atom. The minimum Gasteiger partial charge on any atom is -0.437 e. The largest absolute Gasteiger partial charge is 0.437 e. The van der Waals surface area contributed by atoms with Crippen LogP contribution in [0.25, 0.3) is 0 Å². The Labute approximate surface area is 94.1 Å². The number of hydrogen-bond donors (Lipinski definition) is 1.